The third-order valence-corrected chi connectivity index (χ3v) is 2.03. The minimum atomic E-state index is 0.395. The number of ether oxygens (including phenoxy) is 1. The van der Waals surface area contributed by atoms with Crippen molar-refractivity contribution in [3.63, 3.8) is 0 Å². The Morgan fingerprint density at radius 2 is 2.50 bits per heavy atom. The Hall–Kier alpha value is -0.300. The van der Waals surface area contributed by atoms with Gasteiger partial charge in [-0.05, 0) is 25.3 Å². The molecule has 0 unspecified atom stereocenters. The second kappa shape index (κ2) is 3.77. The predicted molar refractivity (Wildman–Crippen MR) is 43.0 cm³/mol. The van der Waals surface area contributed by atoms with Gasteiger partial charge < -0.3 is 4.74 Å². The van der Waals surface area contributed by atoms with Crippen molar-refractivity contribution in [3.05, 3.63) is 11.6 Å². The van der Waals surface area contributed by atoms with Crippen LogP contribution in [0, 0.1) is 0 Å². The van der Waals surface area contributed by atoms with Crippen LogP contribution < -0.4 is 0 Å². The van der Waals surface area contributed by atoms with Gasteiger partial charge in [0.25, 0.3) is 0 Å². The Morgan fingerprint density at radius 1 is 1.70 bits per heavy atom. The van der Waals surface area contributed by atoms with Gasteiger partial charge in [0.15, 0.2) is 0 Å². The van der Waals surface area contributed by atoms with Crippen molar-refractivity contribution in [3.8, 4) is 0 Å². The Morgan fingerprint density at radius 3 is 3.00 bits per heavy atom. The quantitative estimate of drug-likeness (QED) is 0.547. The predicted octanol–water partition coefficient (Wildman–Crippen LogP) is 2.52. The maximum absolute atomic E-state index is 5.37. The molecule has 0 bridgehead atoms. The molecule has 0 N–H and O–H groups in total. The summed E-state index contributed by atoms with van der Waals surface area (Å²) < 4.78 is 5.37. The Labute approximate surface area is 63.1 Å². The van der Waals surface area contributed by atoms with E-state index in [0.717, 1.165) is 6.61 Å². The van der Waals surface area contributed by atoms with Crippen LogP contribution in [0.4, 0.5) is 0 Å². The fourth-order valence-electron chi connectivity index (χ4n) is 1.26. The van der Waals surface area contributed by atoms with E-state index in [1.807, 2.05) is 0 Å². The van der Waals surface area contributed by atoms with Gasteiger partial charge in [0, 0.05) is 0 Å². The van der Waals surface area contributed by atoms with E-state index >= 15 is 0 Å². The molecule has 1 nitrogen and oxygen atoms in total. The summed E-state index contributed by atoms with van der Waals surface area (Å²) in [5.41, 5.74) is 1.50. The number of rotatable bonds is 3. The third-order valence-electron chi connectivity index (χ3n) is 2.03. The van der Waals surface area contributed by atoms with Gasteiger partial charge in [0.2, 0.25) is 0 Å². The second-order valence-electron chi connectivity index (χ2n) is 2.86. The largest absolute Gasteiger partial charge is 0.370 e. The molecule has 0 aromatic rings. The third kappa shape index (κ3) is 1.84. The van der Waals surface area contributed by atoms with Gasteiger partial charge in [-0.1, -0.05) is 19.4 Å². The smallest absolute Gasteiger partial charge is 0.0761 e. The van der Waals surface area contributed by atoms with Crippen LogP contribution in [0.1, 0.15) is 33.1 Å². The minimum absolute atomic E-state index is 0.395. The zero-order valence-corrected chi connectivity index (χ0v) is 6.89. The highest BCUT2D eigenvalue weighted by Gasteiger charge is 2.12. The molecule has 1 heterocycles. The fourth-order valence-corrected chi connectivity index (χ4v) is 1.26. The lowest BCUT2D eigenvalue weighted by molar-refractivity contribution is 0.134. The van der Waals surface area contributed by atoms with Crippen molar-refractivity contribution in [2.75, 3.05) is 6.61 Å². The molecule has 1 rings (SSSR count). The first-order valence-electron chi connectivity index (χ1n) is 4.15. The molecule has 0 spiro atoms. The summed E-state index contributed by atoms with van der Waals surface area (Å²) in [6.07, 6.45) is 6.44. The molecule has 0 radical (unpaired) electrons. The number of unbranched alkanes of at least 4 members (excludes halogenated alkanes) is 1. The van der Waals surface area contributed by atoms with Crippen LogP contribution in [0.3, 0.4) is 0 Å². The van der Waals surface area contributed by atoms with Crippen LogP contribution in [0.5, 0.6) is 0 Å². The summed E-state index contributed by atoms with van der Waals surface area (Å²) in [6.45, 7) is 5.19. The van der Waals surface area contributed by atoms with Crippen molar-refractivity contribution in [1.29, 1.82) is 0 Å². The van der Waals surface area contributed by atoms with E-state index in [0.29, 0.717) is 6.10 Å². The normalized spacial score (nSPS) is 25.0. The second-order valence-corrected chi connectivity index (χ2v) is 2.86. The SMILES string of the molecule is CCCCC1=CCO[C@H]1C. The zero-order chi connectivity index (χ0) is 7.40. The Bertz CT molecular complexity index is 127. The lowest BCUT2D eigenvalue weighted by Crippen LogP contribution is -2.03. The fraction of sp³-hybridized carbons (Fsp3) is 0.778. The van der Waals surface area contributed by atoms with Crippen molar-refractivity contribution >= 4 is 0 Å². The minimum Gasteiger partial charge on any atom is -0.370 e. The summed E-state index contributed by atoms with van der Waals surface area (Å²) in [5.74, 6) is 0. The maximum atomic E-state index is 5.37. The van der Waals surface area contributed by atoms with E-state index in [1.165, 1.54) is 24.8 Å². The first kappa shape index (κ1) is 7.80. The summed E-state index contributed by atoms with van der Waals surface area (Å²) in [5, 5.41) is 0. The summed E-state index contributed by atoms with van der Waals surface area (Å²) in [4.78, 5) is 0. The van der Waals surface area contributed by atoms with E-state index in [-0.39, 0.29) is 0 Å². The number of hydrogen-bond donors (Lipinski definition) is 0. The van der Waals surface area contributed by atoms with E-state index in [2.05, 4.69) is 19.9 Å². The van der Waals surface area contributed by atoms with Crippen LogP contribution in [0.15, 0.2) is 11.6 Å². The van der Waals surface area contributed by atoms with Crippen LogP contribution in [-0.4, -0.2) is 12.7 Å². The highest BCUT2D eigenvalue weighted by atomic mass is 16.5. The van der Waals surface area contributed by atoms with Crippen molar-refractivity contribution in [2.24, 2.45) is 0 Å². The molecular weight excluding hydrogens is 124 g/mol. The first-order valence-corrected chi connectivity index (χ1v) is 4.15. The summed E-state index contributed by atoms with van der Waals surface area (Å²) >= 11 is 0. The molecule has 1 aliphatic heterocycles. The van der Waals surface area contributed by atoms with Crippen LogP contribution >= 0.6 is 0 Å². The van der Waals surface area contributed by atoms with Crippen molar-refractivity contribution < 1.29 is 4.74 Å². The van der Waals surface area contributed by atoms with E-state index in [1.54, 1.807) is 0 Å². The van der Waals surface area contributed by atoms with Crippen molar-refractivity contribution in [1.82, 2.24) is 0 Å². The highest BCUT2D eigenvalue weighted by Crippen LogP contribution is 2.19. The van der Waals surface area contributed by atoms with E-state index < -0.39 is 0 Å². The molecule has 0 aromatic heterocycles. The lowest BCUT2D eigenvalue weighted by atomic mass is 10.1. The first-order chi connectivity index (χ1) is 4.84. The van der Waals surface area contributed by atoms with E-state index in [9.17, 15) is 0 Å². The monoisotopic (exact) mass is 140 g/mol. The van der Waals surface area contributed by atoms with Gasteiger partial charge in [-0.3, -0.25) is 0 Å². The van der Waals surface area contributed by atoms with Gasteiger partial charge in [-0.15, -0.1) is 0 Å². The van der Waals surface area contributed by atoms with Gasteiger partial charge in [0.1, 0.15) is 0 Å². The molecule has 1 atom stereocenters. The Kier molecular flexibility index (Phi) is 2.94. The van der Waals surface area contributed by atoms with Gasteiger partial charge in [0.05, 0.1) is 12.7 Å². The molecule has 0 amide bonds. The average Bonchev–Trinajstić information content (AvgIpc) is 2.31. The molecule has 0 aliphatic carbocycles. The highest BCUT2D eigenvalue weighted by molar-refractivity contribution is 5.11. The molecule has 1 aliphatic rings. The van der Waals surface area contributed by atoms with Crippen molar-refractivity contribution in [2.45, 2.75) is 39.2 Å². The van der Waals surface area contributed by atoms with Gasteiger partial charge in [-0.25, -0.2) is 0 Å². The zero-order valence-electron chi connectivity index (χ0n) is 6.89. The summed E-state index contributed by atoms with van der Waals surface area (Å²) in [6, 6.07) is 0. The van der Waals surface area contributed by atoms with Gasteiger partial charge >= 0.3 is 0 Å². The topological polar surface area (TPSA) is 9.23 Å². The molecule has 0 saturated heterocycles. The molecule has 0 fully saturated rings. The van der Waals surface area contributed by atoms with Crippen LogP contribution in [0.2, 0.25) is 0 Å². The maximum Gasteiger partial charge on any atom is 0.0761 e. The standard InChI is InChI=1S/C9H16O/c1-3-4-5-9-6-7-10-8(9)2/h6,8H,3-5,7H2,1-2H3/t8-/m0/s1. The average molecular weight is 140 g/mol. The summed E-state index contributed by atoms with van der Waals surface area (Å²) in [7, 11) is 0. The lowest BCUT2D eigenvalue weighted by Gasteiger charge is -2.06. The molecule has 58 valence electrons. The van der Waals surface area contributed by atoms with Crippen LogP contribution in [0.25, 0.3) is 0 Å². The van der Waals surface area contributed by atoms with Gasteiger partial charge in [-0.2, -0.15) is 0 Å². The molecular formula is C9H16O. The van der Waals surface area contributed by atoms with Crippen LogP contribution in [-0.2, 0) is 4.74 Å². The molecule has 0 saturated carbocycles. The Balaban J connectivity index is 2.26. The molecule has 10 heavy (non-hydrogen) atoms. The number of hydrogen-bond acceptors (Lipinski definition) is 1. The molecule has 0 aromatic carbocycles. The van der Waals surface area contributed by atoms with E-state index in [4.69, 9.17) is 4.74 Å². The molecule has 1 heteroatoms.